The Labute approximate surface area is 163 Å². The van der Waals surface area contributed by atoms with Gasteiger partial charge in [0.2, 0.25) is 0 Å². The summed E-state index contributed by atoms with van der Waals surface area (Å²) in [6, 6.07) is 4.40. The lowest BCUT2D eigenvalue weighted by Gasteiger charge is -2.05. The van der Waals surface area contributed by atoms with Crippen molar-refractivity contribution in [2.75, 3.05) is 5.32 Å². The van der Waals surface area contributed by atoms with Crippen LogP contribution in [0.1, 0.15) is 21.7 Å². The Morgan fingerprint density at radius 3 is 2.58 bits per heavy atom. The van der Waals surface area contributed by atoms with Gasteiger partial charge in [0.25, 0.3) is 5.91 Å². The summed E-state index contributed by atoms with van der Waals surface area (Å²) in [4.78, 5) is 12.4. The lowest BCUT2D eigenvalue weighted by molar-refractivity contribution is 0.102. The monoisotopic (exact) mass is 415 g/mol. The molecule has 0 unspecified atom stereocenters. The van der Waals surface area contributed by atoms with Gasteiger partial charge in [-0.05, 0) is 19.1 Å². The highest BCUT2D eigenvalue weighted by Crippen LogP contribution is 2.25. The number of nitrogens with zero attached hydrogens (tertiary/aromatic N) is 4. The standard InChI is InChI=1S/C16H13Cl3FN5O/c1-8-13(19)14(22-24(8)2)16(26)21-15-11(18)7-25(23-15)6-9-10(17)4-3-5-12(9)20/h3-5,7H,6H2,1-2H3,(H,21,23,26). The summed E-state index contributed by atoms with van der Waals surface area (Å²) in [5.41, 5.74) is 0.992. The average molecular weight is 417 g/mol. The number of benzene rings is 1. The number of hydrogen-bond acceptors (Lipinski definition) is 3. The highest BCUT2D eigenvalue weighted by molar-refractivity contribution is 6.35. The minimum atomic E-state index is -0.547. The largest absolute Gasteiger partial charge is 0.302 e. The molecule has 6 nitrogen and oxygen atoms in total. The molecule has 0 atom stereocenters. The third-order valence-electron chi connectivity index (χ3n) is 3.81. The van der Waals surface area contributed by atoms with E-state index >= 15 is 0 Å². The lowest BCUT2D eigenvalue weighted by atomic mass is 10.2. The fraction of sp³-hybridized carbons (Fsp3) is 0.188. The van der Waals surface area contributed by atoms with Crippen LogP contribution in [0.25, 0.3) is 0 Å². The summed E-state index contributed by atoms with van der Waals surface area (Å²) in [6.45, 7) is 1.80. The first kappa shape index (κ1) is 18.7. The molecule has 0 saturated heterocycles. The first-order valence-corrected chi connectivity index (χ1v) is 8.57. The molecule has 0 aliphatic rings. The van der Waals surface area contributed by atoms with Gasteiger partial charge in [0.1, 0.15) is 10.8 Å². The summed E-state index contributed by atoms with van der Waals surface area (Å²) < 4.78 is 16.8. The van der Waals surface area contributed by atoms with Crippen LogP contribution in [0.5, 0.6) is 0 Å². The third-order valence-corrected chi connectivity index (χ3v) is 4.89. The van der Waals surface area contributed by atoms with Crippen LogP contribution >= 0.6 is 34.8 Å². The summed E-state index contributed by atoms with van der Waals surface area (Å²) >= 11 is 18.2. The van der Waals surface area contributed by atoms with E-state index in [1.165, 1.54) is 27.7 Å². The Morgan fingerprint density at radius 2 is 1.96 bits per heavy atom. The van der Waals surface area contributed by atoms with Gasteiger partial charge in [-0.1, -0.05) is 40.9 Å². The van der Waals surface area contributed by atoms with Crippen molar-refractivity contribution in [1.82, 2.24) is 19.6 Å². The number of carbonyl (C=O) groups excluding carboxylic acids is 1. The molecule has 0 fully saturated rings. The molecule has 0 bridgehead atoms. The minimum absolute atomic E-state index is 0.0601. The molecule has 136 valence electrons. The van der Waals surface area contributed by atoms with E-state index in [-0.39, 0.29) is 38.7 Å². The van der Waals surface area contributed by atoms with Crippen molar-refractivity contribution in [3.63, 3.8) is 0 Å². The molecule has 0 radical (unpaired) electrons. The van der Waals surface area contributed by atoms with Crippen LogP contribution in [0, 0.1) is 12.7 Å². The maximum Gasteiger partial charge on any atom is 0.278 e. The highest BCUT2D eigenvalue weighted by Gasteiger charge is 2.20. The molecule has 0 aliphatic heterocycles. The topological polar surface area (TPSA) is 64.7 Å². The van der Waals surface area contributed by atoms with Gasteiger partial charge in [-0.25, -0.2) is 4.39 Å². The number of aromatic nitrogens is 4. The number of halogens is 4. The van der Waals surface area contributed by atoms with Gasteiger partial charge >= 0.3 is 0 Å². The van der Waals surface area contributed by atoms with E-state index in [2.05, 4.69) is 15.5 Å². The molecule has 26 heavy (non-hydrogen) atoms. The summed E-state index contributed by atoms with van der Waals surface area (Å²) in [5, 5.41) is 11.5. The normalized spacial score (nSPS) is 11.0. The van der Waals surface area contributed by atoms with Crippen molar-refractivity contribution in [3.05, 3.63) is 62.2 Å². The molecule has 0 spiro atoms. The van der Waals surface area contributed by atoms with E-state index in [0.29, 0.717) is 5.69 Å². The molecule has 0 saturated carbocycles. The summed E-state index contributed by atoms with van der Waals surface area (Å²) in [5.74, 6) is -0.885. The zero-order chi connectivity index (χ0) is 19.0. The van der Waals surface area contributed by atoms with Crippen molar-refractivity contribution in [1.29, 1.82) is 0 Å². The zero-order valence-electron chi connectivity index (χ0n) is 13.7. The Morgan fingerprint density at radius 1 is 1.23 bits per heavy atom. The van der Waals surface area contributed by atoms with Crippen LogP contribution in [0.2, 0.25) is 15.1 Å². The maximum atomic E-state index is 13.9. The number of anilines is 1. The molecule has 2 aromatic heterocycles. The molecule has 1 amide bonds. The van der Waals surface area contributed by atoms with Crippen molar-refractivity contribution in [2.24, 2.45) is 7.05 Å². The molecule has 1 aromatic carbocycles. The molecule has 3 rings (SSSR count). The first-order valence-electron chi connectivity index (χ1n) is 7.44. The van der Waals surface area contributed by atoms with E-state index in [1.54, 1.807) is 20.0 Å². The molecule has 1 N–H and O–H groups in total. The quantitative estimate of drug-likeness (QED) is 0.689. The van der Waals surface area contributed by atoms with E-state index in [1.807, 2.05) is 0 Å². The number of rotatable bonds is 4. The SMILES string of the molecule is Cc1c(Cl)c(C(=O)Nc2nn(Cc3c(F)cccc3Cl)cc2Cl)nn1C. The van der Waals surface area contributed by atoms with E-state index < -0.39 is 11.7 Å². The van der Waals surface area contributed by atoms with Gasteiger partial charge in [-0.3, -0.25) is 14.2 Å². The minimum Gasteiger partial charge on any atom is -0.302 e. The predicted molar refractivity (Wildman–Crippen MR) is 98.7 cm³/mol. The second-order valence-electron chi connectivity index (χ2n) is 5.55. The maximum absolute atomic E-state index is 13.9. The fourth-order valence-electron chi connectivity index (χ4n) is 2.30. The number of aryl methyl sites for hydroxylation is 1. The van der Waals surface area contributed by atoms with Crippen LogP contribution in [0.3, 0.4) is 0 Å². The third kappa shape index (κ3) is 3.56. The smallest absolute Gasteiger partial charge is 0.278 e. The zero-order valence-corrected chi connectivity index (χ0v) is 16.0. The van der Waals surface area contributed by atoms with Gasteiger partial charge in [-0.15, -0.1) is 0 Å². The number of carbonyl (C=O) groups is 1. The fourth-order valence-corrected chi connectivity index (χ4v) is 2.97. The molecular weight excluding hydrogens is 404 g/mol. The van der Waals surface area contributed by atoms with Crippen molar-refractivity contribution in [3.8, 4) is 0 Å². The summed E-state index contributed by atoms with van der Waals surface area (Å²) in [7, 11) is 1.68. The summed E-state index contributed by atoms with van der Waals surface area (Å²) in [6.07, 6.45) is 1.46. The van der Waals surface area contributed by atoms with E-state index in [4.69, 9.17) is 34.8 Å². The van der Waals surface area contributed by atoms with Gasteiger partial charge in [0.15, 0.2) is 11.5 Å². The molecule has 2 heterocycles. The van der Waals surface area contributed by atoms with Crippen LogP contribution in [0.15, 0.2) is 24.4 Å². The Kier molecular flexibility index (Phi) is 5.22. The second kappa shape index (κ2) is 7.26. The van der Waals surface area contributed by atoms with Gasteiger partial charge in [-0.2, -0.15) is 10.2 Å². The van der Waals surface area contributed by atoms with Crippen molar-refractivity contribution >= 4 is 46.5 Å². The molecule has 3 aromatic rings. The van der Waals surface area contributed by atoms with E-state index in [9.17, 15) is 9.18 Å². The van der Waals surface area contributed by atoms with Gasteiger partial charge in [0.05, 0.1) is 17.3 Å². The molecular formula is C16H13Cl3FN5O. The average Bonchev–Trinajstić information content (AvgIpc) is 3.05. The predicted octanol–water partition coefficient (Wildman–Crippen LogP) is 4.32. The van der Waals surface area contributed by atoms with Crippen molar-refractivity contribution < 1.29 is 9.18 Å². The number of amides is 1. The van der Waals surface area contributed by atoms with Crippen molar-refractivity contribution in [2.45, 2.75) is 13.5 Å². The van der Waals surface area contributed by atoms with Crippen LogP contribution in [-0.2, 0) is 13.6 Å². The van der Waals surface area contributed by atoms with E-state index in [0.717, 1.165) is 0 Å². The highest BCUT2D eigenvalue weighted by atomic mass is 35.5. The van der Waals surface area contributed by atoms with Crippen LogP contribution in [-0.4, -0.2) is 25.5 Å². The lowest BCUT2D eigenvalue weighted by Crippen LogP contribution is -2.14. The Bertz CT molecular complexity index is 978. The number of nitrogens with one attached hydrogen (secondary N) is 1. The molecule has 10 heteroatoms. The Balaban J connectivity index is 1.82. The van der Waals surface area contributed by atoms with Crippen LogP contribution in [0.4, 0.5) is 10.2 Å². The Hall–Kier alpha value is -2.09. The van der Waals surface area contributed by atoms with Crippen LogP contribution < -0.4 is 5.32 Å². The van der Waals surface area contributed by atoms with Gasteiger partial charge < -0.3 is 5.32 Å². The first-order chi connectivity index (χ1) is 12.3. The van der Waals surface area contributed by atoms with Gasteiger partial charge in [0, 0.05) is 23.8 Å². The molecule has 0 aliphatic carbocycles. The second-order valence-corrected chi connectivity index (χ2v) is 6.74. The number of hydrogen-bond donors (Lipinski definition) is 1.